The lowest BCUT2D eigenvalue weighted by atomic mass is 10.1. The van der Waals surface area contributed by atoms with Crippen LogP contribution in [0.2, 0.25) is 0 Å². The van der Waals surface area contributed by atoms with Gasteiger partial charge in [0.1, 0.15) is 11.5 Å². The Kier molecular flexibility index (Phi) is 5.54. The predicted octanol–water partition coefficient (Wildman–Crippen LogP) is 2.92. The zero-order valence-electron chi connectivity index (χ0n) is 12.9. The highest BCUT2D eigenvalue weighted by molar-refractivity contribution is 5.91. The van der Waals surface area contributed by atoms with Crippen molar-refractivity contribution >= 4 is 5.91 Å². The second-order valence-corrected chi connectivity index (χ2v) is 5.38. The molecule has 1 heterocycles. The van der Waals surface area contributed by atoms with E-state index in [9.17, 15) is 14.4 Å². The van der Waals surface area contributed by atoms with E-state index in [1.54, 1.807) is 30.5 Å². The minimum atomic E-state index is -0.492. The fraction of sp³-hybridized carbons (Fsp3) is 0.235. The molecule has 0 aliphatic carbocycles. The second kappa shape index (κ2) is 7.60. The first-order valence-electron chi connectivity index (χ1n) is 7.28. The molecule has 1 atom stereocenters. The van der Waals surface area contributed by atoms with Gasteiger partial charge in [-0.3, -0.25) is 10.0 Å². The Bertz CT molecular complexity index is 653. The van der Waals surface area contributed by atoms with E-state index in [4.69, 9.17) is 0 Å². The topological polar surface area (TPSA) is 68.4 Å². The summed E-state index contributed by atoms with van der Waals surface area (Å²) in [5.41, 5.74) is 1.93. The van der Waals surface area contributed by atoms with Crippen LogP contribution in [0.1, 0.15) is 23.0 Å². The molecule has 23 heavy (non-hydrogen) atoms. The maximum absolute atomic E-state index is 12.8. The van der Waals surface area contributed by atoms with Gasteiger partial charge in [0.15, 0.2) is 0 Å². The van der Waals surface area contributed by atoms with Gasteiger partial charge in [0.25, 0.3) is 5.91 Å². The van der Waals surface area contributed by atoms with Crippen LogP contribution in [0.25, 0.3) is 0 Å². The summed E-state index contributed by atoms with van der Waals surface area (Å²) < 4.78 is 12.8. The van der Waals surface area contributed by atoms with E-state index in [2.05, 4.69) is 16.9 Å². The number of amides is 1. The minimum Gasteiger partial charge on any atom is -0.384 e. The van der Waals surface area contributed by atoms with Crippen molar-refractivity contribution in [2.45, 2.75) is 13.5 Å². The van der Waals surface area contributed by atoms with Gasteiger partial charge in [-0.1, -0.05) is 25.6 Å². The SMILES string of the molecule is C=C(NCc1ccc(F)cc1)C(C)CN(O)C(=O)c1ccc[nH]1. The van der Waals surface area contributed by atoms with Crippen LogP contribution in [0.3, 0.4) is 0 Å². The summed E-state index contributed by atoms with van der Waals surface area (Å²) >= 11 is 0. The van der Waals surface area contributed by atoms with Crippen molar-refractivity contribution < 1.29 is 14.4 Å². The van der Waals surface area contributed by atoms with E-state index < -0.39 is 5.91 Å². The monoisotopic (exact) mass is 317 g/mol. The van der Waals surface area contributed by atoms with E-state index in [1.807, 2.05) is 6.92 Å². The first-order valence-corrected chi connectivity index (χ1v) is 7.28. The van der Waals surface area contributed by atoms with Gasteiger partial charge in [0.05, 0.1) is 6.54 Å². The van der Waals surface area contributed by atoms with Gasteiger partial charge in [0, 0.05) is 24.4 Å². The van der Waals surface area contributed by atoms with Crippen molar-refractivity contribution in [1.82, 2.24) is 15.4 Å². The molecule has 122 valence electrons. The Labute approximate surface area is 134 Å². The number of carbonyl (C=O) groups is 1. The quantitative estimate of drug-likeness (QED) is 0.543. The van der Waals surface area contributed by atoms with E-state index >= 15 is 0 Å². The molecule has 5 nitrogen and oxygen atoms in total. The number of nitrogens with zero attached hydrogens (tertiary/aromatic N) is 1. The van der Waals surface area contributed by atoms with Crippen LogP contribution >= 0.6 is 0 Å². The van der Waals surface area contributed by atoms with Gasteiger partial charge < -0.3 is 10.3 Å². The number of aromatic amines is 1. The predicted molar refractivity (Wildman–Crippen MR) is 85.2 cm³/mol. The lowest BCUT2D eigenvalue weighted by Crippen LogP contribution is -2.34. The van der Waals surface area contributed by atoms with Crippen LogP contribution in [-0.2, 0) is 6.54 Å². The largest absolute Gasteiger partial charge is 0.384 e. The molecule has 0 bridgehead atoms. The molecule has 0 aliphatic rings. The molecular weight excluding hydrogens is 297 g/mol. The number of H-pyrrole nitrogens is 1. The Balaban J connectivity index is 1.82. The van der Waals surface area contributed by atoms with Gasteiger partial charge in [-0.25, -0.2) is 9.45 Å². The van der Waals surface area contributed by atoms with Crippen molar-refractivity contribution in [3.63, 3.8) is 0 Å². The van der Waals surface area contributed by atoms with Gasteiger partial charge in [-0.05, 0) is 29.8 Å². The smallest absolute Gasteiger partial charge is 0.293 e. The standard InChI is InChI=1S/C17H20FN3O2/c1-12(11-21(23)17(22)16-4-3-9-19-16)13(2)20-10-14-5-7-15(18)8-6-14/h3-9,12,19-20,23H,2,10-11H2,1H3. The van der Waals surface area contributed by atoms with E-state index in [0.29, 0.717) is 23.0 Å². The summed E-state index contributed by atoms with van der Waals surface area (Å²) in [6, 6.07) is 9.45. The van der Waals surface area contributed by atoms with Crippen LogP contribution in [0.4, 0.5) is 4.39 Å². The fourth-order valence-corrected chi connectivity index (χ4v) is 2.05. The molecule has 0 fully saturated rings. The first-order chi connectivity index (χ1) is 11.0. The zero-order valence-corrected chi connectivity index (χ0v) is 12.9. The number of aromatic nitrogens is 1. The highest BCUT2D eigenvalue weighted by Crippen LogP contribution is 2.11. The summed E-state index contributed by atoms with van der Waals surface area (Å²) in [6.07, 6.45) is 1.62. The Morgan fingerprint density at radius 1 is 1.39 bits per heavy atom. The molecule has 2 aromatic rings. The average Bonchev–Trinajstić information content (AvgIpc) is 3.07. The third kappa shape index (κ3) is 4.69. The summed E-state index contributed by atoms with van der Waals surface area (Å²) in [4.78, 5) is 14.7. The van der Waals surface area contributed by atoms with Crippen LogP contribution in [-0.4, -0.2) is 27.7 Å². The number of hydrogen-bond donors (Lipinski definition) is 3. The molecule has 0 radical (unpaired) electrons. The van der Waals surface area contributed by atoms with Crippen molar-refractivity contribution in [2.75, 3.05) is 6.54 Å². The molecule has 2 rings (SSSR count). The van der Waals surface area contributed by atoms with E-state index in [-0.39, 0.29) is 18.3 Å². The number of rotatable bonds is 7. The summed E-state index contributed by atoms with van der Waals surface area (Å²) in [5, 5.41) is 13.7. The minimum absolute atomic E-state index is 0.118. The Morgan fingerprint density at radius 3 is 2.70 bits per heavy atom. The highest BCUT2D eigenvalue weighted by Gasteiger charge is 2.18. The summed E-state index contributed by atoms with van der Waals surface area (Å²) in [6.45, 7) is 6.39. The first kappa shape index (κ1) is 16.8. The molecule has 3 N–H and O–H groups in total. The lowest BCUT2D eigenvalue weighted by Gasteiger charge is -2.22. The fourth-order valence-electron chi connectivity index (χ4n) is 2.05. The normalized spacial score (nSPS) is 11.8. The highest BCUT2D eigenvalue weighted by atomic mass is 19.1. The molecule has 0 spiro atoms. The maximum Gasteiger partial charge on any atom is 0.293 e. The summed E-state index contributed by atoms with van der Waals surface area (Å²) in [7, 11) is 0. The van der Waals surface area contributed by atoms with Crippen molar-refractivity contribution in [2.24, 2.45) is 5.92 Å². The van der Waals surface area contributed by atoms with Crippen molar-refractivity contribution in [1.29, 1.82) is 0 Å². The third-order valence-electron chi connectivity index (χ3n) is 3.54. The van der Waals surface area contributed by atoms with Gasteiger partial charge in [0.2, 0.25) is 0 Å². The molecule has 0 saturated heterocycles. The van der Waals surface area contributed by atoms with E-state index in [1.165, 1.54) is 12.1 Å². The molecule has 1 amide bonds. The number of nitrogens with one attached hydrogen (secondary N) is 2. The Hall–Kier alpha value is -2.60. The zero-order chi connectivity index (χ0) is 16.8. The third-order valence-corrected chi connectivity index (χ3v) is 3.54. The van der Waals surface area contributed by atoms with Crippen LogP contribution in [0, 0.1) is 11.7 Å². The average molecular weight is 317 g/mol. The Morgan fingerprint density at radius 2 is 2.09 bits per heavy atom. The van der Waals surface area contributed by atoms with Gasteiger partial charge in [-0.2, -0.15) is 0 Å². The second-order valence-electron chi connectivity index (χ2n) is 5.38. The molecule has 0 aliphatic heterocycles. The molecular formula is C17H20FN3O2. The summed E-state index contributed by atoms with van der Waals surface area (Å²) in [5.74, 6) is -0.924. The molecule has 0 saturated carbocycles. The number of hydroxylamine groups is 2. The number of benzene rings is 1. The number of halogens is 1. The van der Waals surface area contributed by atoms with Crippen LogP contribution < -0.4 is 5.32 Å². The molecule has 1 aromatic carbocycles. The van der Waals surface area contributed by atoms with Crippen LogP contribution in [0.15, 0.2) is 54.9 Å². The van der Waals surface area contributed by atoms with Crippen molar-refractivity contribution in [3.8, 4) is 0 Å². The van der Waals surface area contributed by atoms with Crippen molar-refractivity contribution in [3.05, 3.63) is 71.9 Å². The number of hydrogen-bond acceptors (Lipinski definition) is 3. The van der Waals surface area contributed by atoms with E-state index in [0.717, 1.165) is 5.56 Å². The maximum atomic E-state index is 12.8. The molecule has 1 unspecified atom stereocenters. The molecule has 1 aromatic heterocycles. The van der Waals surface area contributed by atoms with Crippen LogP contribution in [0.5, 0.6) is 0 Å². The molecule has 6 heteroatoms. The van der Waals surface area contributed by atoms with Gasteiger partial charge >= 0.3 is 0 Å². The number of carbonyl (C=O) groups excluding carboxylic acids is 1. The lowest BCUT2D eigenvalue weighted by molar-refractivity contribution is -0.0643. The van der Waals surface area contributed by atoms with Gasteiger partial charge in [-0.15, -0.1) is 0 Å².